The SMILES string of the molecule is O=c1c(Cc2ccccc2)c[nH]c2ccc(C#CCN3CCCC3)cc12. The molecular weight excluding hydrogens is 320 g/mol. The van der Waals surface area contributed by atoms with E-state index in [-0.39, 0.29) is 5.43 Å². The number of likely N-dealkylation sites (tertiary alicyclic amines) is 1. The van der Waals surface area contributed by atoms with E-state index < -0.39 is 0 Å². The van der Waals surface area contributed by atoms with Gasteiger partial charge in [0.15, 0.2) is 5.43 Å². The Morgan fingerprint density at radius 1 is 1.04 bits per heavy atom. The fourth-order valence-electron chi connectivity index (χ4n) is 3.48. The van der Waals surface area contributed by atoms with E-state index >= 15 is 0 Å². The molecule has 0 amide bonds. The molecule has 1 N–H and O–H groups in total. The zero-order chi connectivity index (χ0) is 17.8. The molecule has 1 saturated heterocycles. The fourth-order valence-corrected chi connectivity index (χ4v) is 3.48. The van der Waals surface area contributed by atoms with Crippen LogP contribution in [0.2, 0.25) is 0 Å². The number of fused-ring (bicyclic) bond motifs is 1. The molecule has 0 spiro atoms. The number of pyridine rings is 1. The molecule has 0 saturated carbocycles. The van der Waals surface area contributed by atoms with Crippen LogP contribution in [0.15, 0.2) is 59.5 Å². The summed E-state index contributed by atoms with van der Waals surface area (Å²) in [5.74, 6) is 6.46. The van der Waals surface area contributed by atoms with E-state index in [0.717, 1.165) is 41.8 Å². The van der Waals surface area contributed by atoms with Crippen LogP contribution in [-0.2, 0) is 6.42 Å². The van der Waals surface area contributed by atoms with E-state index in [2.05, 4.69) is 21.7 Å². The predicted octanol–water partition coefficient (Wildman–Crippen LogP) is 3.57. The molecule has 1 aliphatic rings. The van der Waals surface area contributed by atoms with Crippen LogP contribution in [0.3, 0.4) is 0 Å². The Kier molecular flexibility index (Phi) is 4.86. The summed E-state index contributed by atoms with van der Waals surface area (Å²) in [6, 6.07) is 15.9. The minimum atomic E-state index is 0.0887. The van der Waals surface area contributed by atoms with Crippen LogP contribution < -0.4 is 5.43 Å². The number of hydrogen-bond donors (Lipinski definition) is 1. The van der Waals surface area contributed by atoms with Crippen LogP contribution in [0.1, 0.15) is 29.5 Å². The highest BCUT2D eigenvalue weighted by Gasteiger charge is 2.09. The van der Waals surface area contributed by atoms with Gasteiger partial charge in [-0.05, 0) is 49.7 Å². The number of aromatic amines is 1. The highest BCUT2D eigenvalue weighted by molar-refractivity contribution is 5.80. The van der Waals surface area contributed by atoms with Crippen molar-refractivity contribution >= 4 is 10.9 Å². The molecule has 3 aromatic rings. The molecule has 2 aromatic carbocycles. The van der Waals surface area contributed by atoms with Gasteiger partial charge >= 0.3 is 0 Å². The molecule has 3 heteroatoms. The van der Waals surface area contributed by atoms with E-state index in [0.29, 0.717) is 11.8 Å². The Morgan fingerprint density at radius 3 is 2.65 bits per heavy atom. The maximum Gasteiger partial charge on any atom is 0.192 e. The smallest absolute Gasteiger partial charge is 0.192 e. The molecule has 4 rings (SSSR count). The third-order valence-corrected chi connectivity index (χ3v) is 4.93. The number of H-pyrrole nitrogens is 1. The first kappa shape index (κ1) is 16.6. The molecule has 3 nitrogen and oxygen atoms in total. The third kappa shape index (κ3) is 3.71. The van der Waals surface area contributed by atoms with Gasteiger partial charge in [0.25, 0.3) is 0 Å². The van der Waals surface area contributed by atoms with Crippen molar-refractivity contribution in [1.29, 1.82) is 0 Å². The van der Waals surface area contributed by atoms with Crippen molar-refractivity contribution in [2.45, 2.75) is 19.3 Å². The van der Waals surface area contributed by atoms with Crippen molar-refractivity contribution in [1.82, 2.24) is 9.88 Å². The zero-order valence-electron chi connectivity index (χ0n) is 14.8. The molecule has 0 bridgehead atoms. The van der Waals surface area contributed by atoms with Gasteiger partial charge < -0.3 is 4.98 Å². The Morgan fingerprint density at radius 2 is 1.85 bits per heavy atom. The van der Waals surface area contributed by atoms with Gasteiger partial charge in [-0.2, -0.15) is 0 Å². The van der Waals surface area contributed by atoms with Crippen molar-refractivity contribution < 1.29 is 0 Å². The highest BCUT2D eigenvalue weighted by atomic mass is 16.1. The van der Waals surface area contributed by atoms with Crippen LogP contribution >= 0.6 is 0 Å². The van der Waals surface area contributed by atoms with Crippen molar-refractivity contribution in [2.75, 3.05) is 19.6 Å². The first-order valence-electron chi connectivity index (χ1n) is 9.19. The second-order valence-corrected chi connectivity index (χ2v) is 6.85. The van der Waals surface area contributed by atoms with Crippen molar-refractivity contribution in [3.63, 3.8) is 0 Å². The Labute approximate surface area is 153 Å². The zero-order valence-corrected chi connectivity index (χ0v) is 14.8. The lowest BCUT2D eigenvalue weighted by Crippen LogP contribution is -2.18. The minimum absolute atomic E-state index is 0.0887. The summed E-state index contributed by atoms with van der Waals surface area (Å²) < 4.78 is 0. The van der Waals surface area contributed by atoms with Gasteiger partial charge in [-0.3, -0.25) is 9.69 Å². The normalized spacial score (nSPS) is 14.3. The Balaban J connectivity index is 1.60. The van der Waals surface area contributed by atoms with Crippen molar-refractivity contribution in [3.05, 3.63) is 81.6 Å². The molecule has 1 aromatic heterocycles. The average Bonchev–Trinajstić information content (AvgIpc) is 3.19. The van der Waals surface area contributed by atoms with Crippen LogP contribution in [0, 0.1) is 11.8 Å². The van der Waals surface area contributed by atoms with Crippen molar-refractivity contribution in [2.24, 2.45) is 0 Å². The minimum Gasteiger partial charge on any atom is -0.361 e. The average molecular weight is 342 g/mol. The molecule has 0 aliphatic carbocycles. The molecule has 26 heavy (non-hydrogen) atoms. The number of aromatic nitrogens is 1. The maximum atomic E-state index is 12.9. The lowest BCUT2D eigenvalue weighted by molar-refractivity contribution is 0.383. The van der Waals surface area contributed by atoms with E-state index in [1.165, 1.54) is 12.8 Å². The predicted molar refractivity (Wildman–Crippen MR) is 106 cm³/mol. The Hall–Kier alpha value is -2.83. The van der Waals surface area contributed by atoms with Crippen molar-refractivity contribution in [3.8, 4) is 11.8 Å². The van der Waals surface area contributed by atoms with E-state index in [1.54, 1.807) is 0 Å². The van der Waals surface area contributed by atoms with Gasteiger partial charge in [-0.1, -0.05) is 42.2 Å². The molecule has 0 unspecified atom stereocenters. The quantitative estimate of drug-likeness (QED) is 0.739. The van der Waals surface area contributed by atoms with Gasteiger partial charge in [0, 0.05) is 34.6 Å². The van der Waals surface area contributed by atoms with E-state index in [4.69, 9.17) is 0 Å². The summed E-state index contributed by atoms with van der Waals surface area (Å²) in [7, 11) is 0. The standard InChI is InChI=1S/C23H22N2O/c26-23-20(15-18-7-2-1-3-8-18)17-24-22-11-10-19(16-21(22)23)9-6-14-25-12-4-5-13-25/h1-3,7-8,10-11,16-17H,4-5,12-15H2,(H,24,26). The summed E-state index contributed by atoms with van der Waals surface area (Å²) in [6.45, 7) is 3.10. The maximum absolute atomic E-state index is 12.9. The lowest BCUT2D eigenvalue weighted by Gasteiger charge is -2.08. The molecule has 0 atom stereocenters. The first-order valence-corrected chi connectivity index (χ1v) is 9.19. The van der Waals surface area contributed by atoms with Gasteiger partial charge in [0.05, 0.1) is 6.54 Å². The molecule has 130 valence electrons. The molecule has 2 heterocycles. The first-order chi connectivity index (χ1) is 12.8. The number of nitrogens with one attached hydrogen (secondary N) is 1. The molecule has 1 aliphatic heterocycles. The van der Waals surface area contributed by atoms with E-state index in [1.807, 2.05) is 54.7 Å². The summed E-state index contributed by atoms with van der Waals surface area (Å²) in [5.41, 5.74) is 3.77. The highest BCUT2D eigenvalue weighted by Crippen LogP contribution is 2.13. The largest absolute Gasteiger partial charge is 0.361 e. The lowest BCUT2D eigenvalue weighted by atomic mass is 10.0. The number of benzene rings is 2. The van der Waals surface area contributed by atoms with Gasteiger partial charge in [0.1, 0.15) is 0 Å². The van der Waals surface area contributed by atoms with Crippen LogP contribution in [0.4, 0.5) is 0 Å². The van der Waals surface area contributed by atoms with Crippen LogP contribution in [0.5, 0.6) is 0 Å². The second-order valence-electron chi connectivity index (χ2n) is 6.85. The van der Waals surface area contributed by atoms with Crippen LogP contribution in [-0.4, -0.2) is 29.5 Å². The van der Waals surface area contributed by atoms with Gasteiger partial charge in [-0.15, -0.1) is 0 Å². The Bertz CT molecular complexity index is 1020. The fraction of sp³-hybridized carbons (Fsp3) is 0.261. The summed E-state index contributed by atoms with van der Waals surface area (Å²) >= 11 is 0. The van der Waals surface area contributed by atoms with Gasteiger partial charge in [0.2, 0.25) is 0 Å². The monoisotopic (exact) mass is 342 g/mol. The molecule has 1 fully saturated rings. The van der Waals surface area contributed by atoms with E-state index in [9.17, 15) is 4.79 Å². The van der Waals surface area contributed by atoms with Crippen LogP contribution in [0.25, 0.3) is 10.9 Å². The molecular formula is C23H22N2O. The van der Waals surface area contributed by atoms with Gasteiger partial charge in [-0.25, -0.2) is 0 Å². The second kappa shape index (κ2) is 7.59. The molecule has 0 radical (unpaired) electrons. The summed E-state index contributed by atoms with van der Waals surface area (Å²) in [6.07, 6.45) is 5.02. The number of hydrogen-bond acceptors (Lipinski definition) is 2. The summed E-state index contributed by atoms with van der Waals surface area (Å²) in [5, 5.41) is 0.714. The summed E-state index contributed by atoms with van der Waals surface area (Å²) in [4.78, 5) is 18.5. The number of nitrogens with zero attached hydrogens (tertiary/aromatic N) is 1. The number of rotatable bonds is 3. The third-order valence-electron chi connectivity index (χ3n) is 4.93. The topological polar surface area (TPSA) is 36.1 Å².